The van der Waals surface area contributed by atoms with Crippen molar-refractivity contribution in [2.75, 3.05) is 12.9 Å². The molecule has 0 saturated heterocycles. The van der Waals surface area contributed by atoms with Crippen LogP contribution in [-0.4, -0.2) is 31.2 Å². The van der Waals surface area contributed by atoms with Crippen LogP contribution in [0.2, 0.25) is 0 Å². The van der Waals surface area contributed by atoms with Crippen molar-refractivity contribution in [2.45, 2.75) is 17.9 Å². The average Bonchev–Trinajstić information content (AvgIpc) is 3.11. The first-order valence-electron chi connectivity index (χ1n) is 8.68. The van der Waals surface area contributed by atoms with Gasteiger partial charge in [0.2, 0.25) is 0 Å². The van der Waals surface area contributed by atoms with Gasteiger partial charge < -0.3 is 9.72 Å². The summed E-state index contributed by atoms with van der Waals surface area (Å²) in [6, 6.07) is 12.6. The molecule has 3 rings (SSSR count). The van der Waals surface area contributed by atoms with Crippen LogP contribution in [0.4, 0.5) is 4.39 Å². The van der Waals surface area contributed by atoms with E-state index >= 15 is 0 Å². The molecule has 0 aliphatic heterocycles. The van der Waals surface area contributed by atoms with Gasteiger partial charge in [-0.3, -0.25) is 0 Å². The molecule has 0 fully saturated rings. The molecule has 0 aliphatic rings. The van der Waals surface area contributed by atoms with Crippen molar-refractivity contribution < 1.29 is 17.5 Å². The number of nitrogens with zero attached hydrogens (tertiary/aromatic N) is 1. The molecule has 0 aliphatic carbocycles. The first kappa shape index (κ1) is 20.0. The SMILES string of the molecule is C=CCOC(C)c1nc(-c2ccc(F)cc2)c(-c2ccc(S(C)(=O)=O)cc2)[nH]1. The fraction of sp³-hybridized carbons (Fsp3) is 0.190. The van der Waals surface area contributed by atoms with Gasteiger partial charge in [0.05, 0.1) is 22.9 Å². The second kappa shape index (κ2) is 8.08. The Morgan fingerprint density at radius 1 is 1.14 bits per heavy atom. The quantitative estimate of drug-likeness (QED) is 0.591. The summed E-state index contributed by atoms with van der Waals surface area (Å²) in [7, 11) is -3.28. The minimum absolute atomic E-state index is 0.238. The van der Waals surface area contributed by atoms with E-state index in [0.29, 0.717) is 23.8 Å². The van der Waals surface area contributed by atoms with E-state index in [1.165, 1.54) is 18.4 Å². The highest BCUT2D eigenvalue weighted by Gasteiger charge is 2.18. The lowest BCUT2D eigenvalue weighted by Crippen LogP contribution is -2.02. The van der Waals surface area contributed by atoms with E-state index in [9.17, 15) is 12.8 Å². The predicted molar refractivity (Wildman–Crippen MR) is 107 cm³/mol. The average molecular weight is 400 g/mol. The zero-order chi connectivity index (χ0) is 20.3. The maximum Gasteiger partial charge on any atom is 0.175 e. The number of H-pyrrole nitrogens is 1. The Morgan fingerprint density at radius 3 is 2.32 bits per heavy atom. The third-order valence-corrected chi connectivity index (χ3v) is 5.39. The number of aromatic nitrogens is 2. The summed E-state index contributed by atoms with van der Waals surface area (Å²) in [5, 5.41) is 0. The molecule has 1 aromatic heterocycles. The van der Waals surface area contributed by atoms with Crippen LogP contribution in [-0.2, 0) is 14.6 Å². The number of benzene rings is 2. The van der Waals surface area contributed by atoms with Crippen molar-refractivity contribution >= 4 is 9.84 Å². The van der Waals surface area contributed by atoms with Crippen molar-refractivity contribution in [3.63, 3.8) is 0 Å². The lowest BCUT2D eigenvalue weighted by molar-refractivity contribution is 0.0828. The largest absolute Gasteiger partial charge is 0.367 e. The third kappa shape index (κ3) is 4.37. The van der Waals surface area contributed by atoms with Crippen LogP contribution >= 0.6 is 0 Å². The van der Waals surface area contributed by atoms with Gasteiger partial charge >= 0.3 is 0 Å². The van der Waals surface area contributed by atoms with Crippen molar-refractivity contribution in [3.05, 3.63) is 72.8 Å². The van der Waals surface area contributed by atoms with Crippen molar-refractivity contribution in [1.29, 1.82) is 0 Å². The Labute approximate surface area is 163 Å². The summed E-state index contributed by atoms with van der Waals surface area (Å²) in [6.07, 6.45) is 2.52. The summed E-state index contributed by atoms with van der Waals surface area (Å²) >= 11 is 0. The van der Waals surface area contributed by atoms with E-state index in [4.69, 9.17) is 4.74 Å². The second-order valence-electron chi connectivity index (χ2n) is 6.41. The van der Waals surface area contributed by atoms with Gasteiger partial charge in [0.1, 0.15) is 17.7 Å². The Balaban J connectivity index is 2.08. The van der Waals surface area contributed by atoms with Gasteiger partial charge in [-0.15, -0.1) is 6.58 Å². The van der Waals surface area contributed by atoms with Gasteiger partial charge in [-0.25, -0.2) is 17.8 Å². The number of sulfone groups is 1. The van der Waals surface area contributed by atoms with Crippen molar-refractivity contribution in [2.24, 2.45) is 0 Å². The molecule has 0 radical (unpaired) electrons. The van der Waals surface area contributed by atoms with E-state index in [1.807, 2.05) is 6.92 Å². The van der Waals surface area contributed by atoms with Gasteiger partial charge in [-0.05, 0) is 43.3 Å². The number of hydrogen-bond acceptors (Lipinski definition) is 4. The highest BCUT2D eigenvalue weighted by atomic mass is 32.2. The van der Waals surface area contributed by atoms with Crippen molar-refractivity contribution in [1.82, 2.24) is 9.97 Å². The standard InChI is InChI=1S/C21H21FN2O3S/c1-4-13-27-14(2)21-23-19(15-5-9-17(22)10-6-15)20(24-21)16-7-11-18(12-8-16)28(3,25)26/h4-12,14H,1,13H2,2-3H3,(H,23,24). The van der Waals surface area contributed by atoms with Crippen LogP contribution in [0.1, 0.15) is 18.9 Å². The lowest BCUT2D eigenvalue weighted by atomic mass is 10.1. The molecule has 3 aromatic rings. The van der Waals surface area contributed by atoms with Gasteiger partial charge in [0, 0.05) is 17.4 Å². The van der Waals surface area contributed by atoms with Crippen LogP contribution < -0.4 is 0 Å². The number of rotatable bonds is 7. The fourth-order valence-electron chi connectivity index (χ4n) is 2.77. The number of nitrogens with one attached hydrogen (secondary N) is 1. The minimum Gasteiger partial charge on any atom is -0.367 e. The summed E-state index contributed by atoms with van der Waals surface area (Å²) in [6.45, 7) is 5.89. The monoisotopic (exact) mass is 400 g/mol. The zero-order valence-electron chi connectivity index (χ0n) is 15.6. The smallest absolute Gasteiger partial charge is 0.175 e. The highest BCUT2D eigenvalue weighted by molar-refractivity contribution is 7.90. The summed E-state index contributed by atoms with van der Waals surface area (Å²) in [5.74, 6) is 0.282. The zero-order valence-corrected chi connectivity index (χ0v) is 16.5. The molecule has 28 heavy (non-hydrogen) atoms. The lowest BCUT2D eigenvalue weighted by Gasteiger charge is -2.08. The molecule has 146 valence electrons. The molecule has 5 nitrogen and oxygen atoms in total. The summed E-state index contributed by atoms with van der Waals surface area (Å²) in [5.41, 5.74) is 2.84. The first-order chi connectivity index (χ1) is 13.3. The number of hydrogen-bond donors (Lipinski definition) is 1. The highest BCUT2D eigenvalue weighted by Crippen LogP contribution is 2.32. The molecular weight excluding hydrogens is 379 g/mol. The van der Waals surface area contributed by atoms with E-state index in [1.54, 1.807) is 42.5 Å². The maximum absolute atomic E-state index is 13.3. The molecule has 7 heteroatoms. The van der Waals surface area contributed by atoms with Gasteiger partial charge in [-0.1, -0.05) is 18.2 Å². The molecule has 0 bridgehead atoms. The van der Waals surface area contributed by atoms with E-state index in [0.717, 1.165) is 11.1 Å². The van der Waals surface area contributed by atoms with Crippen molar-refractivity contribution in [3.8, 4) is 22.5 Å². The van der Waals surface area contributed by atoms with E-state index < -0.39 is 9.84 Å². The molecule has 1 heterocycles. The molecular formula is C21H21FN2O3S. The Bertz CT molecular complexity index is 1070. The number of aromatic amines is 1. The first-order valence-corrected chi connectivity index (χ1v) is 10.6. The van der Waals surface area contributed by atoms with Crippen LogP contribution in [0.15, 0.2) is 66.1 Å². The van der Waals surface area contributed by atoms with Crippen LogP contribution in [0.5, 0.6) is 0 Å². The number of ether oxygens (including phenoxy) is 1. The molecule has 1 N–H and O–H groups in total. The second-order valence-corrected chi connectivity index (χ2v) is 8.43. The molecule has 1 atom stereocenters. The Hall–Kier alpha value is -2.77. The Morgan fingerprint density at radius 2 is 1.75 bits per heavy atom. The topological polar surface area (TPSA) is 72.0 Å². The normalized spacial score (nSPS) is 12.7. The summed E-state index contributed by atoms with van der Waals surface area (Å²) in [4.78, 5) is 8.16. The molecule has 0 amide bonds. The fourth-order valence-corrected chi connectivity index (χ4v) is 3.40. The van der Waals surface area contributed by atoms with Crippen LogP contribution in [0, 0.1) is 5.82 Å². The minimum atomic E-state index is -3.28. The van der Waals surface area contributed by atoms with E-state index in [2.05, 4.69) is 16.5 Å². The van der Waals surface area contributed by atoms with Gasteiger partial charge in [0.15, 0.2) is 9.84 Å². The predicted octanol–water partition coefficient (Wildman–Crippen LogP) is 4.55. The molecule has 2 aromatic carbocycles. The molecule has 1 unspecified atom stereocenters. The van der Waals surface area contributed by atoms with E-state index in [-0.39, 0.29) is 16.8 Å². The Kier molecular flexibility index (Phi) is 5.76. The number of imidazole rings is 1. The summed E-state index contributed by atoms with van der Waals surface area (Å²) < 4.78 is 42.4. The molecule has 0 saturated carbocycles. The van der Waals surface area contributed by atoms with Crippen LogP contribution in [0.25, 0.3) is 22.5 Å². The van der Waals surface area contributed by atoms with Gasteiger partial charge in [-0.2, -0.15) is 0 Å². The molecule has 0 spiro atoms. The number of halogens is 1. The maximum atomic E-state index is 13.3. The third-order valence-electron chi connectivity index (χ3n) is 4.26. The van der Waals surface area contributed by atoms with Crippen LogP contribution in [0.3, 0.4) is 0 Å². The van der Waals surface area contributed by atoms with Gasteiger partial charge in [0.25, 0.3) is 0 Å².